The van der Waals surface area contributed by atoms with E-state index in [1.807, 2.05) is 7.05 Å². The van der Waals surface area contributed by atoms with Crippen LogP contribution >= 0.6 is 0 Å². The van der Waals surface area contributed by atoms with Gasteiger partial charge in [0.25, 0.3) is 0 Å². The van der Waals surface area contributed by atoms with Crippen molar-refractivity contribution in [1.29, 1.82) is 0 Å². The smallest absolute Gasteiger partial charge is 0.313 e. The van der Waals surface area contributed by atoms with Crippen LogP contribution in [0, 0.1) is 12.8 Å². The van der Waals surface area contributed by atoms with Crippen LogP contribution in [0.5, 0.6) is 0 Å². The molecule has 0 spiro atoms. The summed E-state index contributed by atoms with van der Waals surface area (Å²) in [5.74, 6) is 0.542. The highest BCUT2D eigenvalue weighted by molar-refractivity contribution is 5.35. The summed E-state index contributed by atoms with van der Waals surface area (Å²) < 4.78 is 38.0. The summed E-state index contributed by atoms with van der Waals surface area (Å²) in [7, 11) is 1.89. The first-order valence-electron chi connectivity index (χ1n) is 6.78. The van der Waals surface area contributed by atoms with Gasteiger partial charge in [0.15, 0.2) is 0 Å². The predicted molar refractivity (Wildman–Crippen MR) is 69.9 cm³/mol. The topological polar surface area (TPSA) is 12.0 Å². The highest BCUT2D eigenvalue weighted by Crippen LogP contribution is 2.38. The van der Waals surface area contributed by atoms with Gasteiger partial charge in [0.2, 0.25) is 0 Å². The molecule has 1 aromatic rings. The lowest BCUT2D eigenvalue weighted by atomic mass is 9.88. The average molecular weight is 271 g/mol. The van der Waals surface area contributed by atoms with Gasteiger partial charge in [-0.2, -0.15) is 13.2 Å². The number of halogens is 3. The standard InChI is InChI=1S/C15H20F3N/c1-10-9-12(15(16,17)18)7-8-13(10)14(19-2)11-5-3-4-6-11/h7-9,11,14,19H,3-6H2,1-2H3. The number of alkyl halides is 3. The molecule has 0 aromatic heterocycles. The Morgan fingerprint density at radius 1 is 1.21 bits per heavy atom. The van der Waals surface area contributed by atoms with Gasteiger partial charge in [0.05, 0.1) is 5.56 Å². The zero-order chi connectivity index (χ0) is 14.0. The maximum Gasteiger partial charge on any atom is 0.416 e. The van der Waals surface area contributed by atoms with Crippen molar-refractivity contribution in [3.63, 3.8) is 0 Å². The number of hydrogen-bond acceptors (Lipinski definition) is 1. The van der Waals surface area contributed by atoms with Crippen molar-refractivity contribution in [1.82, 2.24) is 5.32 Å². The highest BCUT2D eigenvalue weighted by Gasteiger charge is 2.32. The first-order valence-corrected chi connectivity index (χ1v) is 6.78. The third-order valence-corrected chi connectivity index (χ3v) is 4.11. The monoisotopic (exact) mass is 271 g/mol. The maximum atomic E-state index is 12.7. The highest BCUT2D eigenvalue weighted by atomic mass is 19.4. The maximum absolute atomic E-state index is 12.7. The lowest BCUT2D eigenvalue weighted by Crippen LogP contribution is -2.24. The van der Waals surface area contributed by atoms with Crippen LogP contribution in [0.25, 0.3) is 0 Å². The summed E-state index contributed by atoms with van der Waals surface area (Å²) in [4.78, 5) is 0. The van der Waals surface area contributed by atoms with E-state index in [0.717, 1.165) is 24.0 Å². The largest absolute Gasteiger partial charge is 0.416 e. The molecule has 4 heteroatoms. The molecule has 1 saturated carbocycles. The summed E-state index contributed by atoms with van der Waals surface area (Å²) >= 11 is 0. The average Bonchev–Trinajstić information content (AvgIpc) is 2.84. The fourth-order valence-corrected chi connectivity index (χ4v) is 3.14. The molecule has 0 heterocycles. The molecule has 0 aliphatic heterocycles. The van der Waals surface area contributed by atoms with E-state index in [9.17, 15) is 13.2 Å². The van der Waals surface area contributed by atoms with Gasteiger partial charge in [-0.1, -0.05) is 18.9 Å². The predicted octanol–water partition coefficient (Wildman–Crippen LogP) is 4.46. The van der Waals surface area contributed by atoms with Gasteiger partial charge < -0.3 is 5.32 Å². The van der Waals surface area contributed by atoms with Crippen LogP contribution in [0.3, 0.4) is 0 Å². The van der Waals surface area contributed by atoms with Crippen LogP contribution in [0.4, 0.5) is 13.2 Å². The van der Waals surface area contributed by atoms with Crippen LogP contribution in [-0.4, -0.2) is 7.05 Å². The van der Waals surface area contributed by atoms with Gasteiger partial charge in [-0.3, -0.25) is 0 Å². The van der Waals surface area contributed by atoms with Gasteiger partial charge in [-0.25, -0.2) is 0 Å². The van der Waals surface area contributed by atoms with E-state index in [4.69, 9.17) is 0 Å². The molecule has 1 atom stereocenters. The van der Waals surface area contributed by atoms with Crippen molar-refractivity contribution in [2.45, 2.75) is 44.8 Å². The number of nitrogens with one attached hydrogen (secondary N) is 1. The van der Waals surface area contributed by atoms with E-state index in [1.54, 1.807) is 13.0 Å². The number of benzene rings is 1. The van der Waals surface area contributed by atoms with Crippen molar-refractivity contribution in [2.24, 2.45) is 5.92 Å². The van der Waals surface area contributed by atoms with Crippen molar-refractivity contribution in [3.8, 4) is 0 Å². The lowest BCUT2D eigenvalue weighted by molar-refractivity contribution is -0.137. The van der Waals surface area contributed by atoms with Gasteiger partial charge in [0.1, 0.15) is 0 Å². The Hall–Kier alpha value is -1.03. The molecule has 19 heavy (non-hydrogen) atoms. The van der Waals surface area contributed by atoms with E-state index in [0.29, 0.717) is 5.92 Å². The van der Waals surface area contributed by atoms with Crippen LogP contribution in [0.2, 0.25) is 0 Å². The fourth-order valence-electron chi connectivity index (χ4n) is 3.14. The first kappa shape index (κ1) is 14.4. The minimum Gasteiger partial charge on any atom is -0.313 e. The molecule has 0 bridgehead atoms. The SMILES string of the molecule is CNC(c1ccc(C(F)(F)F)cc1C)C1CCCC1. The second kappa shape index (κ2) is 5.53. The minimum absolute atomic E-state index is 0.171. The molecule has 1 nitrogen and oxygen atoms in total. The molecule has 0 amide bonds. The van der Waals surface area contributed by atoms with Crippen molar-refractivity contribution >= 4 is 0 Å². The minimum atomic E-state index is -4.26. The molecule has 1 N–H and O–H groups in total. The van der Waals surface area contributed by atoms with Crippen LogP contribution in [0.1, 0.15) is 48.4 Å². The zero-order valence-corrected chi connectivity index (χ0v) is 11.3. The molecular formula is C15H20F3N. The molecule has 1 aliphatic carbocycles. The summed E-state index contributed by atoms with van der Waals surface area (Å²) in [5.41, 5.74) is 1.17. The van der Waals surface area contributed by atoms with Crippen LogP contribution in [0.15, 0.2) is 18.2 Å². The Labute approximate surface area is 112 Å². The third kappa shape index (κ3) is 3.11. The Balaban J connectivity index is 2.28. The van der Waals surface area contributed by atoms with Crippen LogP contribution < -0.4 is 5.32 Å². The zero-order valence-electron chi connectivity index (χ0n) is 11.3. The second-order valence-electron chi connectivity index (χ2n) is 5.38. The van der Waals surface area contributed by atoms with E-state index in [-0.39, 0.29) is 6.04 Å². The molecule has 1 aromatic carbocycles. The molecule has 106 valence electrons. The fraction of sp³-hybridized carbons (Fsp3) is 0.600. The summed E-state index contributed by atoms with van der Waals surface area (Å²) in [6, 6.07) is 4.26. The van der Waals surface area contributed by atoms with E-state index in [1.165, 1.54) is 25.0 Å². The van der Waals surface area contributed by atoms with Crippen molar-refractivity contribution in [3.05, 3.63) is 34.9 Å². The first-order chi connectivity index (χ1) is 8.93. The number of hydrogen-bond donors (Lipinski definition) is 1. The van der Waals surface area contributed by atoms with Gasteiger partial charge in [-0.15, -0.1) is 0 Å². The number of rotatable bonds is 3. The number of aryl methyl sites for hydroxylation is 1. The van der Waals surface area contributed by atoms with Gasteiger partial charge in [-0.05, 0) is 56.0 Å². The van der Waals surface area contributed by atoms with E-state index >= 15 is 0 Å². The lowest BCUT2D eigenvalue weighted by Gasteiger charge is -2.25. The molecule has 1 unspecified atom stereocenters. The molecule has 0 radical (unpaired) electrons. The van der Waals surface area contributed by atoms with Gasteiger partial charge in [0, 0.05) is 6.04 Å². The van der Waals surface area contributed by atoms with Crippen molar-refractivity contribution < 1.29 is 13.2 Å². The van der Waals surface area contributed by atoms with Crippen LogP contribution in [-0.2, 0) is 6.18 Å². The Bertz CT molecular complexity index is 434. The molecule has 1 aliphatic rings. The van der Waals surface area contributed by atoms with Gasteiger partial charge >= 0.3 is 6.18 Å². The molecule has 2 rings (SSSR count). The van der Waals surface area contributed by atoms with Crippen molar-refractivity contribution in [2.75, 3.05) is 7.05 Å². The van der Waals surface area contributed by atoms with E-state index < -0.39 is 11.7 Å². The Morgan fingerprint density at radius 2 is 1.84 bits per heavy atom. The second-order valence-corrected chi connectivity index (χ2v) is 5.38. The third-order valence-electron chi connectivity index (χ3n) is 4.11. The van der Waals surface area contributed by atoms with E-state index in [2.05, 4.69) is 5.32 Å². The summed E-state index contributed by atoms with van der Waals surface area (Å²) in [6.45, 7) is 1.77. The Morgan fingerprint density at radius 3 is 2.32 bits per heavy atom. The summed E-state index contributed by atoms with van der Waals surface area (Å²) in [6.07, 6.45) is 0.509. The molecule has 0 saturated heterocycles. The quantitative estimate of drug-likeness (QED) is 0.855. The summed E-state index contributed by atoms with van der Waals surface area (Å²) in [5, 5.41) is 3.28. The Kier molecular flexibility index (Phi) is 4.19. The normalized spacial score (nSPS) is 18.8. The molecule has 1 fully saturated rings. The molecular weight excluding hydrogens is 251 g/mol.